The Balaban J connectivity index is 2.40. The van der Waals surface area contributed by atoms with E-state index in [1.807, 2.05) is 30.5 Å². The molecule has 0 aliphatic rings. The average Bonchev–Trinajstić information content (AvgIpc) is 2.77. The maximum atomic E-state index is 11.3. The molecule has 4 heteroatoms. The number of hydrogen-bond acceptors (Lipinski definition) is 2. The molecule has 3 nitrogen and oxygen atoms in total. The van der Waals surface area contributed by atoms with Crippen LogP contribution in [-0.2, 0) is 5.33 Å². The van der Waals surface area contributed by atoms with E-state index in [9.17, 15) is 4.79 Å². The van der Waals surface area contributed by atoms with Crippen LogP contribution in [0.3, 0.4) is 0 Å². The zero-order valence-corrected chi connectivity index (χ0v) is 10.4. The van der Waals surface area contributed by atoms with Gasteiger partial charge in [0.25, 0.3) is 0 Å². The van der Waals surface area contributed by atoms with Crippen LogP contribution in [-0.4, -0.2) is 15.6 Å². The lowest BCUT2D eigenvalue weighted by atomic mass is 10.1. The third-order valence-electron chi connectivity index (χ3n) is 2.30. The van der Waals surface area contributed by atoms with Crippen LogP contribution >= 0.6 is 15.9 Å². The summed E-state index contributed by atoms with van der Waals surface area (Å²) in [4.78, 5) is 11.3. The molecule has 82 valence electrons. The topological polar surface area (TPSA) is 34.9 Å². The summed E-state index contributed by atoms with van der Waals surface area (Å²) in [7, 11) is 0. The Kier molecular flexibility index (Phi) is 3.19. The van der Waals surface area contributed by atoms with E-state index < -0.39 is 0 Å². The van der Waals surface area contributed by atoms with E-state index in [0.717, 1.165) is 16.7 Å². The van der Waals surface area contributed by atoms with E-state index in [0.29, 0.717) is 5.56 Å². The molecule has 2 rings (SSSR count). The Morgan fingerprint density at radius 3 is 2.88 bits per heavy atom. The molecule has 0 unspecified atom stereocenters. The number of aromatic nitrogens is 2. The van der Waals surface area contributed by atoms with Crippen LogP contribution < -0.4 is 0 Å². The summed E-state index contributed by atoms with van der Waals surface area (Å²) in [5, 5.41) is 5.09. The molecule has 0 aliphatic heterocycles. The van der Waals surface area contributed by atoms with Crippen molar-refractivity contribution in [3.8, 4) is 5.69 Å². The van der Waals surface area contributed by atoms with Gasteiger partial charge in [-0.1, -0.05) is 28.1 Å². The Labute approximate surface area is 102 Å². The highest BCUT2D eigenvalue weighted by molar-refractivity contribution is 9.08. The van der Waals surface area contributed by atoms with E-state index in [-0.39, 0.29) is 5.78 Å². The predicted octanol–water partition coefficient (Wildman–Crippen LogP) is 2.97. The Bertz CT molecular complexity index is 519. The predicted molar refractivity (Wildman–Crippen MR) is 66.2 cm³/mol. The van der Waals surface area contributed by atoms with Gasteiger partial charge < -0.3 is 0 Å². The van der Waals surface area contributed by atoms with Gasteiger partial charge in [0, 0.05) is 17.1 Å². The van der Waals surface area contributed by atoms with Gasteiger partial charge in [-0.05, 0) is 25.1 Å². The van der Waals surface area contributed by atoms with Gasteiger partial charge in [0.2, 0.25) is 0 Å². The third-order valence-corrected chi connectivity index (χ3v) is 2.87. The highest BCUT2D eigenvalue weighted by Gasteiger charge is 2.03. The van der Waals surface area contributed by atoms with E-state index >= 15 is 0 Å². The lowest BCUT2D eigenvalue weighted by molar-refractivity contribution is 0.101. The molecule has 2 aromatic rings. The number of benzene rings is 1. The van der Waals surface area contributed by atoms with Gasteiger partial charge in [-0.3, -0.25) is 4.79 Å². The van der Waals surface area contributed by atoms with Crippen molar-refractivity contribution in [2.75, 3.05) is 0 Å². The molecule has 0 N–H and O–H groups in total. The van der Waals surface area contributed by atoms with Gasteiger partial charge in [0.05, 0.1) is 11.4 Å². The summed E-state index contributed by atoms with van der Waals surface area (Å²) in [6.07, 6.45) is 1.88. The number of Topliss-reactive ketones (excluding diaryl/α,β-unsaturated/α-hetero) is 1. The van der Waals surface area contributed by atoms with Gasteiger partial charge in [-0.25, -0.2) is 4.68 Å². The van der Waals surface area contributed by atoms with Crippen molar-refractivity contribution in [2.24, 2.45) is 0 Å². The molecule has 0 atom stereocenters. The van der Waals surface area contributed by atoms with Crippen molar-refractivity contribution in [3.05, 3.63) is 47.8 Å². The van der Waals surface area contributed by atoms with E-state index in [1.165, 1.54) is 0 Å². The normalized spacial score (nSPS) is 10.4. The fourth-order valence-corrected chi connectivity index (χ4v) is 1.74. The van der Waals surface area contributed by atoms with Crippen molar-refractivity contribution in [1.82, 2.24) is 9.78 Å². The number of hydrogen-bond donors (Lipinski definition) is 0. The van der Waals surface area contributed by atoms with Crippen molar-refractivity contribution < 1.29 is 4.79 Å². The number of ketones is 1. The van der Waals surface area contributed by atoms with Gasteiger partial charge in [-0.2, -0.15) is 5.10 Å². The van der Waals surface area contributed by atoms with Gasteiger partial charge >= 0.3 is 0 Å². The summed E-state index contributed by atoms with van der Waals surface area (Å²) in [5.41, 5.74) is 2.57. The van der Waals surface area contributed by atoms with Crippen molar-refractivity contribution in [3.63, 3.8) is 0 Å². The molecule has 0 aliphatic carbocycles. The number of alkyl halides is 1. The first-order valence-electron chi connectivity index (χ1n) is 4.92. The molecule has 1 aromatic carbocycles. The van der Waals surface area contributed by atoms with Gasteiger partial charge in [-0.15, -0.1) is 0 Å². The lowest BCUT2D eigenvalue weighted by Gasteiger charge is -2.02. The first-order chi connectivity index (χ1) is 7.70. The molecule has 1 heterocycles. The SMILES string of the molecule is CC(=O)c1cccc(-n2ccc(CBr)n2)c1. The molecular weight excluding hydrogens is 268 g/mol. The number of carbonyl (C=O) groups is 1. The molecule has 0 fully saturated rings. The van der Waals surface area contributed by atoms with Crippen molar-refractivity contribution >= 4 is 21.7 Å². The van der Waals surface area contributed by atoms with E-state index in [1.54, 1.807) is 17.7 Å². The summed E-state index contributed by atoms with van der Waals surface area (Å²) in [5.74, 6) is 0.0646. The Morgan fingerprint density at radius 1 is 1.44 bits per heavy atom. The Morgan fingerprint density at radius 2 is 2.25 bits per heavy atom. The minimum atomic E-state index is 0.0646. The third kappa shape index (κ3) is 2.22. The second-order valence-electron chi connectivity index (χ2n) is 3.49. The van der Waals surface area contributed by atoms with Crippen LogP contribution in [0.25, 0.3) is 5.69 Å². The number of rotatable bonds is 3. The number of halogens is 1. The summed E-state index contributed by atoms with van der Waals surface area (Å²) in [6, 6.07) is 9.38. The maximum Gasteiger partial charge on any atom is 0.159 e. The number of carbonyl (C=O) groups excluding carboxylic acids is 1. The second-order valence-corrected chi connectivity index (χ2v) is 4.05. The van der Waals surface area contributed by atoms with E-state index in [4.69, 9.17) is 0 Å². The molecule has 1 aromatic heterocycles. The molecule has 0 amide bonds. The molecule has 0 bridgehead atoms. The highest BCUT2D eigenvalue weighted by Crippen LogP contribution is 2.12. The maximum absolute atomic E-state index is 11.3. The first-order valence-corrected chi connectivity index (χ1v) is 6.05. The van der Waals surface area contributed by atoms with Gasteiger partial charge in [0.1, 0.15) is 0 Å². The minimum absolute atomic E-state index is 0.0646. The summed E-state index contributed by atoms with van der Waals surface area (Å²) >= 11 is 3.35. The van der Waals surface area contributed by atoms with E-state index in [2.05, 4.69) is 21.0 Å². The quantitative estimate of drug-likeness (QED) is 0.639. The zero-order chi connectivity index (χ0) is 11.5. The molecule has 0 saturated carbocycles. The van der Waals surface area contributed by atoms with Crippen molar-refractivity contribution in [2.45, 2.75) is 12.3 Å². The molecular formula is C12H11BrN2O. The largest absolute Gasteiger partial charge is 0.295 e. The number of nitrogens with zero attached hydrogens (tertiary/aromatic N) is 2. The molecule has 0 radical (unpaired) electrons. The molecule has 16 heavy (non-hydrogen) atoms. The van der Waals surface area contributed by atoms with Crippen LogP contribution in [0.4, 0.5) is 0 Å². The van der Waals surface area contributed by atoms with Crippen LogP contribution in [0.5, 0.6) is 0 Å². The zero-order valence-electron chi connectivity index (χ0n) is 8.85. The monoisotopic (exact) mass is 278 g/mol. The van der Waals surface area contributed by atoms with Crippen LogP contribution in [0.15, 0.2) is 36.5 Å². The van der Waals surface area contributed by atoms with Crippen LogP contribution in [0, 0.1) is 0 Å². The molecule has 0 saturated heterocycles. The minimum Gasteiger partial charge on any atom is -0.295 e. The molecule has 0 spiro atoms. The summed E-state index contributed by atoms with van der Waals surface area (Å²) < 4.78 is 1.77. The standard InChI is InChI=1S/C12H11BrN2O/c1-9(16)10-3-2-4-12(7-10)15-6-5-11(8-13)14-15/h2-7H,8H2,1H3. The summed E-state index contributed by atoms with van der Waals surface area (Å²) in [6.45, 7) is 1.56. The second kappa shape index (κ2) is 4.61. The fourth-order valence-electron chi connectivity index (χ4n) is 1.44. The average molecular weight is 279 g/mol. The Hall–Kier alpha value is -1.42. The highest BCUT2D eigenvalue weighted by atomic mass is 79.9. The lowest BCUT2D eigenvalue weighted by Crippen LogP contribution is -1.98. The van der Waals surface area contributed by atoms with Gasteiger partial charge in [0.15, 0.2) is 5.78 Å². The van der Waals surface area contributed by atoms with Crippen molar-refractivity contribution in [1.29, 1.82) is 0 Å². The fraction of sp³-hybridized carbons (Fsp3) is 0.167. The smallest absolute Gasteiger partial charge is 0.159 e. The van der Waals surface area contributed by atoms with Crippen LogP contribution in [0.1, 0.15) is 23.0 Å². The first kappa shape index (κ1) is 11.1. The van der Waals surface area contributed by atoms with Crippen LogP contribution in [0.2, 0.25) is 0 Å².